The van der Waals surface area contributed by atoms with Crippen molar-refractivity contribution in [3.63, 3.8) is 0 Å². The lowest BCUT2D eigenvalue weighted by molar-refractivity contribution is -0.151. The monoisotopic (exact) mass is 295 g/mol. The number of methoxy groups -OCH3 is 1. The zero-order valence-electron chi connectivity index (χ0n) is 12.7. The molecule has 2 unspecified atom stereocenters. The van der Waals surface area contributed by atoms with Gasteiger partial charge >= 0.3 is 5.97 Å². The van der Waals surface area contributed by atoms with Crippen LogP contribution in [0.4, 0.5) is 4.39 Å². The average molecular weight is 295 g/mol. The molecule has 0 bridgehead atoms. The number of hydrogen-bond donors (Lipinski definition) is 1. The molecule has 1 aromatic rings. The summed E-state index contributed by atoms with van der Waals surface area (Å²) in [7, 11) is 3.14. The number of nitrogens with one attached hydrogen (secondary N) is 1. The van der Waals surface area contributed by atoms with Crippen molar-refractivity contribution in [2.24, 2.45) is 0 Å². The number of halogens is 1. The Bertz CT molecular complexity index is 520. The van der Waals surface area contributed by atoms with Crippen molar-refractivity contribution in [1.82, 2.24) is 5.32 Å². The van der Waals surface area contributed by atoms with E-state index in [1.54, 1.807) is 26.1 Å². The van der Waals surface area contributed by atoms with Crippen LogP contribution in [-0.4, -0.2) is 31.8 Å². The van der Waals surface area contributed by atoms with Crippen molar-refractivity contribution in [2.45, 2.75) is 44.2 Å². The van der Waals surface area contributed by atoms with Crippen molar-refractivity contribution < 1.29 is 18.7 Å². The predicted molar refractivity (Wildman–Crippen MR) is 77.8 cm³/mol. The van der Waals surface area contributed by atoms with Gasteiger partial charge in [0, 0.05) is 12.5 Å². The Balaban J connectivity index is 2.10. The average Bonchev–Trinajstić information content (AvgIpc) is 2.50. The number of likely N-dealkylation sites (N-methyl/N-ethyl adjacent to an activating group) is 1. The summed E-state index contributed by atoms with van der Waals surface area (Å²) in [5.41, 5.74) is -0.119. The van der Waals surface area contributed by atoms with Crippen LogP contribution < -0.4 is 10.1 Å². The molecule has 1 aliphatic rings. The lowest BCUT2D eigenvalue weighted by Crippen LogP contribution is -2.55. The fourth-order valence-corrected chi connectivity index (χ4v) is 2.87. The summed E-state index contributed by atoms with van der Waals surface area (Å²) in [6.45, 7) is 1.71. The van der Waals surface area contributed by atoms with E-state index in [1.807, 2.05) is 0 Å². The normalized spacial score (nSPS) is 25.4. The fraction of sp³-hybridized carbons (Fsp3) is 0.562. The molecule has 0 radical (unpaired) electrons. The molecule has 0 aromatic heterocycles. The number of rotatable bonds is 4. The zero-order valence-corrected chi connectivity index (χ0v) is 12.7. The van der Waals surface area contributed by atoms with Crippen molar-refractivity contribution in [3.8, 4) is 5.75 Å². The molecule has 21 heavy (non-hydrogen) atoms. The molecular weight excluding hydrogens is 273 g/mol. The van der Waals surface area contributed by atoms with Gasteiger partial charge in [0.15, 0.2) is 0 Å². The number of esters is 1. The molecule has 0 amide bonds. The van der Waals surface area contributed by atoms with Crippen LogP contribution in [0.1, 0.15) is 31.2 Å². The molecule has 2 atom stereocenters. The zero-order chi connectivity index (χ0) is 15.5. The molecule has 5 heteroatoms. The van der Waals surface area contributed by atoms with Gasteiger partial charge in [0.05, 0.1) is 7.11 Å². The maximum atomic E-state index is 13.6. The molecule has 1 aromatic carbocycles. The number of carbonyl (C=O) groups excluding carboxylic acids is 1. The first-order chi connectivity index (χ1) is 10.0. The lowest BCUT2D eigenvalue weighted by atomic mass is 9.80. The highest BCUT2D eigenvalue weighted by Gasteiger charge is 2.43. The van der Waals surface area contributed by atoms with Gasteiger partial charge < -0.3 is 14.8 Å². The second-order valence-corrected chi connectivity index (χ2v) is 5.57. The Morgan fingerprint density at radius 1 is 1.48 bits per heavy atom. The molecule has 4 nitrogen and oxygen atoms in total. The van der Waals surface area contributed by atoms with Gasteiger partial charge in [-0.15, -0.1) is 0 Å². The summed E-state index contributed by atoms with van der Waals surface area (Å²) in [5.74, 6) is -0.0515. The van der Waals surface area contributed by atoms with Gasteiger partial charge in [0.25, 0.3) is 0 Å². The number of benzene rings is 1. The predicted octanol–water partition coefficient (Wildman–Crippen LogP) is 2.59. The Hall–Kier alpha value is -1.62. The van der Waals surface area contributed by atoms with Crippen molar-refractivity contribution >= 4 is 5.97 Å². The summed E-state index contributed by atoms with van der Waals surface area (Å²) in [6.07, 6.45) is 2.81. The molecular formula is C16H22FNO3. The van der Waals surface area contributed by atoms with Crippen LogP contribution in [-0.2, 0) is 9.53 Å². The first-order valence-corrected chi connectivity index (χ1v) is 7.21. The minimum absolute atomic E-state index is 0.132. The van der Waals surface area contributed by atoms with Crippen LogP contribution in [0, 0.1) is 12.7 Å². The van der Waals surface area contributed by atoms with Crippen LogP contribution >= 0.6 is 0 Å². The second kappa shape index (κ2) is 6.43. The van der Waals surface area contributed by atoms with E-state index in [2.05, 4.69) is 5.32 Å². The van der Waals surface area contributed by atoms with Crippen LogP contribution in [0.2, 0.25) is 0 Å². The van der Waals surface area contributed by atoms with Crippen LogP contribution in [0.25, 0.3) is 0 Å². The fourth-order valence-electron chi connectivity index (χ4n) is 2.87. The molecule has 1 saturated carbocycles. The van der Waals surface area contributed by atoms with Gasteiger partial charge in [0.1, 0.15) is 23.2 Å². The van der Waals surface area contributed by atoms with E-state index in [4.69, 9.17) is 9.47 Å². The van der Waals surface area contributed by atoms with Crippen molar-refractivity contribution in [1.29, 1.82) is 0 Å². The maximum Gasteiger partial charge on any atom is 0.326 e. The second-order valence-electron chi connectivity index (χ2n) is 5.57. The van der Waals surface area contributed by atoms with Gasteiger partial charge in [-0.1, -0.05) is 6.07 Å². The van der Waals surface area contributed by atoms with Crippen LogP contribution in [0.5, 0.6) is 5.75 Å². The van der Waals surface area contributed by atoms with Gasteiger partial charge in [-0.05, 0) is 44.9 Å². The molecule has 1 aliphatic carbocycles. The summed E-state index contributed by atoms with van der Waals surface area (Å²) in [5, 5.41) is 3.08. The standard InChI is InChI=1S/C16H22FNO3/c1-11-6-7-12(9-14(11)17)21-13-5-4-8-16(10-13,18-2)15(19)20-3/h6-7,9,13,18H,4-5,8,10H2,1-3H3. The number of carbonyl (C=O) groups is 1. The molecule has 0 spiro atoms. The molecule has 116 valence electrons. The van der Waals surface area contributed by atoms with Gasteiger partial charge in [0.2, 0.25) is 0 Å². The van der Waals surface area contributed by atoms with E-state index in [1.165, 1.54) is 13.2 Å². The topological polar surface area (TPSA) is 47.6 Å². The number of ether oxygens (including phenoxy) is 2. The van der Waals surface area contributed by atoms with Crippen LogP contribution in [0.3, 0.4) is 0 Å². The largest absolute Gasteiger partial charge is 0.490 e. The number of aryl methyl sites for hydroxylation is 1. The maximum absolute atomic E-state index is 13.6. The quantitative estimate of drug-likeness (QED) is 0.867. The Morgan fingerprint density at radius 2 is 2.24 bits per heavy atom. The molecule has 0 saturated heterocycles. The Morgan fingerprint density at radius 3 is 2.86 bits per heavy atom. The first-order valence-electron chi connectivity index (χ1n) is 7.21. The Labute approximate surface area is 124 Å². The summed E-state index contributed by atoms with van der Waals surface area (Å²) < 4.78 is 24.3. The third-order valence-corrected chi connectivity index (χ3v) is 4.21. The lowest BCUT2D eigenvalue weighted by Gasteiger charge is -2.38. The Kier molecular flexibility index (Phi) is 4.83. The highest BCUT2D eigenvalue weighted by atomic mass is 19.1. The SMILES string of the molecule is CNC1(C(=O)OC)CCCC(Oc2ccc(C)c(F)c2)C1. The van der Waals surface area contributed by atoms with E-state index < -0.39 is 5.54 Å². The third-order valence-electron chi connectivity index (χ3n) is 4.21. The van der Waals surface area contributed by atoms with Gasteiger partial charge in [-0.2, -0.15) is 0 Å². The van der Waals surface area contributed by atoms with Crippen LogP contribution in [0.15, 0.2) is 18.2 Å². The van der Waals surface area contributed by atoms with E-state index in [0.717, 1.165) is 19.3 Å². The number of hydrogen-bond acceptors (Lipinski definition) is 4. The van der Waals surface area contributed by atoms with Crippen molar-refractivity contribution in [2.75, 3.05) is 14.2 Å². The van der Waals surface area contributed by atoms with Gasteiger partial charge in [-0.25, -0.2) is 4.39 Å². The molecule has 0 heterocycles. The summed E-state index contributed by atoms with van der Waals surface area (Å²) in [4.78, 5) is 12.0. The summed E-state index contributed by atoms with van der Waals surface area (Å²) in [6, 6.07) is 4.84. The smallest absolute Gasteiger partial charge is 0.326 e. The highest BCUT2D eigenvalue weighted by molar-refractivity contribution is 5.81. The minimum Gasteiger partial charge on any atom is -0.490 e. The molecule has 0 aliphatic heterocycles. The van der Waals surface area contributed by atoms with E-state index in [-0.39, 0.29) is 17.9 Å². The van der Waals surface area contributed by atoms with E-state index >= 15 is 0 Å². The minimum atomic E-state index is -0.707. The van der Waals surface area contributed by atoms with Crippen molar-refractivity contribution in [3.05, 3.63) is 29.6 Å². The molecule has 2 rings (SSSR count). The van der Waals surface area contributed by atoms with E-state index in [9.17, 15) is 9.18 Å². The van der Waals surface area contributed by atoms with E-state index in [0.29, 0.717) is 17.7 Å². The third kappa shape index (κ3) is 3.35. The first kappa shape index (κ1) is 15.8. The molecule has 1 fully saturated rings. The van der Waals surface area contributed by atoms with Gasteiger partial charge in [-0.3, -0.25) is 4.79 Å². The summed E-state index contributed by atoms with van der Waals surface area (Å²) >= 11 is 0. The molecule has 1 N–H and O–H groups in total. The highest BCUT2D eigenvalue weighted by Crippen LogP contribution is 2.32.